The number of aromatic nitrogens is 2. The zero-order chi connectivity index (χ0) is 15.0. The molecule has 1 amide bonds. The van der Waals surface area contributed by atoms with Crippen LogP contribution in [0.25, 0.3) is 0 Å². The molecule has 0 N–H and O–H groups in total. The van der Waals surface area contributed by atoms with Crippen LogP contribution in [0.15, 0.2) is 35.2 Å². The molecule has 0 radical (unpaired) electrons. The summed E-state index contributed by atoms with van der Waals surface area (Å²) >= 11 is 3.50. The monoisotopic (exact) mass is 347 g/mol. The lowest BCUT2D eigenvalue weighted by molar-refractivity contribution is 0.0956. The number of carbonyl (C=O) groups is 1. The standard InChI is InChI=1S/C15H14BrN3O2/c1-9-5-14-13(6-11(9)16)19(8-10(2)21-14)15(20)12-7-17-3-4-18-12/h3-7,10H,8H2,1-2H3/t10-/m0/s1. The summed E-state index contributed by atoms with van der Waals surface area (Å²) in [6.45, 7) is 4.41. The number of hydrogen-bond acceptors (Lipinski definition) is 4. The average Bonchev–Trinajstić information content (AvgIpc) is 2.48. The number of rotatable bonds is 1. The van der Waals surface area contributed by atoms with Gasteiger partial charge in [0.25, 0.3) is 5.91 Å². The second-order valence-electron chi connectivity index (χ2n) is 5.00. The molecule has 1 aromatic carbocycles. The number of amides is 1. The lowest BCUT2D eigenvalue weighted by Crippen LogP contribution is -2.42. The second kappa shape index (κ2) is 5.44. The zero-order valence-electron chi connectivity index (χ0n) is 11.7. The quantitative estimate of drug-likeness (QED) is 0.795. The van der Waals surface area contributed by atoms with Gasteiger partial charge in [-0.1, -0.05) is 15.9 Å². The maximum absolute atomic E-state index is 12.7. The molecule has 2 heterocycles. The molecule has 1 aromatic heterocycles. The number of hydrogen-bond donors (Lipinski definition) is 0. The van der Waals surface area contributed by atoms with E-state index in [4.69, 9.17) is 4.74 Å². The molecule has 1 aliphatic rings. The van der Waals surface area contributed by atoms with Crippen LogP contribution in [0.4, 0.5) is 5.69 Å². The van der Waals surface area contributed by atoms with Gasteiger partial charge in [0.05, 0.1) is 18.4 Å². The van der Waals surface area contributed by atoms with E-state index in [0.717, 1.165) is 15.7 Å². The average molecular weight is 348 g/mol. The predicted molar refractivity (Wildman–Crippen MR) is 82.7 cm³/mol. The van der Waals surface area contributed by atoms with Crippen LogP contribution >= 0.6 is 15.9 Å². The second-order valence-corrected chi connectivity index (χ2v) is 5.86. The largest absolute Gasteiger partial charge is 0.487 e. The van der Waals surface area contributed by atoms with E-state index in [-0.39, 0.29) is 12.0 Å². The zero-order valence-corrected chi connectivity index (χ0v) is 13.3. The summed E-state index contributed by atoms with van der Waals surface area (Å²) in [7, 11) is 0. The van der Waals surface area contributed by atoms with Crippen LogP contribution in [-0.2, 0) is 0 Å². The fourth-order valence-corrected chi connectivity index (χ4v) is 2.63. The molecule has 5 nitrogen and oxygen atoms in total. The first kappa shape index (κ1) is 14.0. The summed E-state index contributed by atoms with van der Waals surface area (Å²) < 4.78 is 6.77. The van der Waals surface area contributed by atoms with Crippen LogP contribution < -0.4 is 9.64 Å². The normalized spacial score (nSPS) is 17.1. The highest BCUT2D eigenvalue weighted by Crippen LogP contribution is 2.38. The molecular weight excluding hydrogens is 334 g/mol. The number of fused-ring (bicyclic) bond motifs is 1. The number of aryl methyl sites for hydroxylation is 1. The third-order valence-electron chi connectivity index (χ3n) is 3.33. The van der Waals surface area contributed by atoms with Gasteiger partial charge in [0.15, 0.2) is 0 Å². The molecule has 0 saturated heterocycles. The predicted octanol–water partition coefficient (Wildman–Crippen LogP) is 2.98. The first-order valence-electron chi connectivity index (χ1n) is 6.61. The number of benzene rings is 1. The molecule has 0 bridgehead atoms. The molecule has 1 atom stereocenters. The maximum Gasteiger partial charge on any atom is 0.278 e. The van der Waals surface area contributed by atoms with Crippen LogP contribution in [0.3, 0.4) is 0 Å². The molecule has 0 spiro atoms. The van der Waals surface area contributed by atoms with Crippen molar-refractivity contribution in [2.45, 2.75) is 20.0 Å². The molecule has 108 valence electrons. The molecule has 0 unspecified atom stereocenters. The van der Waals surface area contributed by atoms with E-state index in [1.54, 1.807) is 11.1 Å². The highest BCUT2D eigenvalue weighted by molar-refractivity contribution is 9.10. The minimum Gasteiger partial charge on any atom is -0.487 e. The van der Waals surface area contributed by atoms with Gasteiger partial charge in [-0.25, -0.2) is 4.98 Å². The van der Waals surface area contributed by atoms with Crippen molar-refractivity contribution in [1.29, 1.82) is 0 Å². The lowest BCUT2D eigenvalue weighted by atomic mass is 10.1. The Morgan fingerprint density at radius 1 is 1.43 bits per heavy atom. The van der Waals surface area contributed by atoms with E-state index < -0.39 is 0 Å². The van der Waals surface area contributed by atoms with Crippen molar-refractivity contribution in [3.05, 3.63) is 46.5 Å². The maximum atomic E-state index is 12.7. The number of nitrogens with zero attached hydrogens (tertiary/aromatic N) is 3. The summed E-state index contributed by atoms with van der Waals surface area (Å²) in [4.78, 5) is 22.4. The Hall–Kier alpha value is -1.95. The first-order chi connectivity index (χ1) is 10.1. The molecule has 0 fully saturated rings. The van der Waals surface area contributed by atoms with Gasteiger partial charge >= 0.3 is 0 Å². The summed E-state index contributed by atoms with van der Waals surface area (Å²) in [6.07, 6.45) is 4.47. The third kappa shape index (κ3) is 2.63. The van der Waals surface area contributed by atoms with E-state index in [9.17, 15) is 4.79 Å². The molecule has 0 aliphatic carbocycles. The van der Waals surface area contributed by atoms with Gasteiger partial charge in [-0.3, -0.25) is 14.7 Å². The van der Waals surface area contributed by atoms with E-state index in [1.165, 1.54) is 12.4 Å². The van der Waals surface area contributed by atoms with Gasteiger partial charge in [0.1, 0.15) is 17.5 Å². The van der Waals surface area contributed by atoms with Crippen molar-refractivity contribution in [2.24, 2.45) is 0 Å². The highest BCUT2D eigenvalue weighted by atomic mass is 79.9. The van der Waals surface area contributed by atoms with Gasteiger partial charge in [-0.2, -0.15) is 0 Å². The SMILES string of the molecule is Cc1cc2c(cc1Br)N(C(=O)c1cnccn1)C[C@H](C)O2. The Kier molecular flexibility index (Phi) is 3.63. The molecular formula is C15H14BrN3O2. The van der Waals surface area contributed by atoms with Gasteiger partial charge in [-0.05, 0) is 31.5 Å². The minimum atomic E-state index is -0.171. The van der Waals surface area contributed by atoms with Crippen LogP contribution in [0, 0.1) is 6.92 Å². The highest BCUT2D eigenvalue weighted by Gasteiger charge is 2.29. The molecule has 6 heteroatoms. The van der Waals surface area contributed by atoms with Crippen molar-refractivity contribution >= 4 is 27.5 Å². The summed E-state index contributed by atoms with van der Waals surface area (Å²) in [5, 5.41) is 0. The van der Waals surface area contributed by atoms with Crippen LogP contribution in [0.2, 0.25) is 0 Å². The number of halogens is 1. The fraction of sp³-hybridized carbons (Fsp3) is 0.267. The van der Waals surface area contributed by atoms with Crippen LogP contribution in [0.1, 0.15) is 23.0 Å². The van der Waals surface area contributed by atoms with E-state index in [1.807, 2.05) is 26.0 Å². The van der Waals surface area contributed by atoms with Crippen LogP contribution in [0.5, 0.6) is 5.75 Å². The van der Waals surface area contributed by atoms with Crippen molar-refractivity contribution < 1.29 is 9.53 Å². The van der Waals surface area contributed by atoms with E-state index in [2.05, 4.69) is 25.9 Å². The van der Waals surface area contributed by atoms with Crippen molar-refractivity contribution in [3.63, 3.8) is 0 Å². The van der Waals surface area contributed by atoms with Gasteiger partial charge in [0, 0.05) is 16.9 Å². The summed E-state index contributed by atoms with van der Waals surface area (Å²) in [6, 6.07) is 3.84. The van der Waals surface area contributed by atoms with Crippen molar-refractivity contribution in [2.75, 3.05) is 11.4 Å². The van der Waals surface area contributed by atoms with Gasteiger partial charge in [0.2, 0.25) is 0 Å². The number of anilines is 1. The molecule has 2 aromatic rings. The fourth-order valence-electron chi connectivity index (χ4n) is 2.30. The Labute approximate surface area is 131 Å². The van der Waals surface area contributed by atoms with Gasteiger partial charge in [-0.15, -0.1) is 0 Å². The molecule has 3 rings (SSSR count). The Bertz CT molecular complexity index is 691. The topological polar surface area (TPSA) is 55.3 Å². The molecule has 1 aliphatic heterocycles. The van der Waals surface area contributed by atoms with E-state index in [0.29, 0.717) is 18.0 Å². The van der Waals surface area contributed by atoms with Gasteiger partial charge < -0.3 is 4.74 Å². The minimum absolute atomic E-state index is 0.0707. The number of ether oxygens (including phenoxy) is 1. The number of carbonyl (C=O) groups excluding carboxylic acids is 1. The summed E-state index contributed by atoms with van der Waals surface area (Å²) in [5.74, 6) is 0.543. The molecule has 0 saturated carbocycles. The van der Waals surface area contributed by atoms with Crippen LogP contribution in [-0.4, -0.2) is 28.5 Å². The molecule has 21 heavy (non-hydrogen) atoms. The van der Waals surface area contributed by atoms with E-state index >= 15 is 0 Å². The van der Waals surface area contributed by atoms with Crippen molar-refractivity contribution in [1.82, 2.24) is 9.97 Å². The Morgan fingerprint density at radius 3 is 2.95 bits per heavy atom. The van der Waals surface area contributed by atoms with Crippen molar-refractivity contribution in [3.8, 4) is 5.75 Å². The lowest BCUT2D eigenvalue weighted by Gasteiger charge is -2.33. The summed E-state index contributed by atoms with van der Waals surface area (Å²) in [5.41, 5.74) is 2.14. The Balaban J connectivity index is 2.05. The third-order valence-corrected chi connectivity index (χ3v) is 4.18. The Morgan fingerprint density at radius 2 is 2.24 bits per heavy atom. The smallest absolute Gasteiger partial charge is 0.278 e. The first-order valence-corrected chi connectivity index (χ1v) is 7.40.